The van der Waals surface area contributed by atoms with Crippen LogP contribution < -0.4 is 10.1 Å². The summed E-state index contributed by atoms with van der Waals surface area (Å²) >= 11 is 0. The summed E-state index contributed by atoms with van der Waals surface area (Å²) in [5.41, 5.74) is 1.21. The first kappa shape index (κ1) is 13.9. The second-order valence-electron chi connectivity index (χ2n) is 4.36. The van der Waals surface area contributed by atoms with Crippen LogP contribution in [0.4, 0.5) is 0 Å². The SMILES string of the molecule is CCNC(C)c1ccnc(OCCN(C)C)c1. The third-order valence-electron chi connectivity index (χ3n) is 2.56. The highest BCUT2D eigenvalue weighted by Crippen LogP contribution is 2.16. The van der Waals surface area contributed by atoms with Crippen LogP contribution in [-0.4, -0.2) is 43.7 Å². The largest absolute Gasteiger partial charge is 0.476 e. The smallest absolute Gasteiger partial charge is 0.213 e. The van der Waals surface area contributed by atoms with Gasteiger partial charge in [0, 0.05) is 24.8 Å². The summed E-state index contributed by atoms with van der Waals surface area (Å²) in [5, 5.41) is 3.37. The first-order valence-electron chi connectivity index (χ1n) is 6.10. The van der Waals surface area contributed by atoms with Gasteiger partial charge < -0.3 is 15.0 Å². The van der Waals surface area contributed by atoms with E-state index in [1.807, 2.05) is 26.2 Å². The van der Waals surface area contributed by atoms with E-state index in [0.717, 1.165) is 13.1 Å². The minimum Gasteiger partial charge on any atom is -0.476 e. The van der Waals surface area contributed by atoms with E-state index in [0.29, 0.717) is 18.5 Å². The molecule has 96 valence electrons. The Balaban J connectivity index is 2.53. The minimum absolute atomic E-state index is 0.333. The van der Waals surface area contributed by atoms with E-state index < -0.39 is 0 Å². The van der Waals surface area contributed by atoms with Gasteiger partial charge in [-0.2, -0.15) is 0 Å². The zero-order valence-electron chi connectivity index (χ0n) is 11.2. The molecule has 1 heterocycles. The first-order valence-corrected chi connectivity index (χ1v) is 6.10. The van der Waals surface area contributed by atoms with Gasteiger partial charge >= 0.3 is 0 Å². The molecule has 0 aliphatic carbocycles. The minimum atomic E-state index is 0.333. The number of likely N-dealkylation sites (N-methyl/N-ethyl adjacent to an activating group) is 1. The molecule has 1 N–H and O–H groups in total. The van der Waals surface area contributed by atoms with Gasteiger partial charge in [-0.1, -0.05) is 6.92 Å². The highest BCUT2D eigenvalue weighted by molar-refractivity contribution is 5.23. The van der Waals surface area contributed by atoms with Crippen molar-refractivity contribution in [3.63, 3.8) is 0 Å². The first-order chi connectivity index (χ1) is 8.13. The molecule has 0 saturated carbocycles. The van der Waals surface area contributed by atoms with Crippen molar-refractivity contribution in [3.05, 3.63) is 23.9 Å². The molecule has 0 amide bonds. The standard InChI is InChI=1S/C13H23N3O/c1-5-14-11(2)12-6-7-15-13(10-12)17-9-8-16(3)4/h6-7,10-11,14H,5,8-9H2,1-4H3. The Labute approximate surface area is 104 Å². The van der Waals surface area contributed by atoms with Crippen molar-refractivity contribution in [3.8, 4) is 5.88 Å². The Morgan fingerprint density at radius 1 is 1.47 bits per heavy atom. The molecule has 1 rings (SSSR count). The van der Waals surface area contributed by atoms with Crippen molar-refractivity contribution in [1.82, 2.24) is 15.2 Å². The van der Waals surface area contributed by atoms with Gasteiger partial charge in [0.25, 0.3) is 0 Å². The van der Waals surface area contributed by atoms with E-state index in [9.17, 15) is 0 Å². The van der Waals surface area contributed by atoms with Gasteiger partial charge in [-0.25, -0.2) is 4.98 Å². The summed E-state index contributed by atoms with van der Waals surface area (Å²) in [7, 11) is 4.06. The summed E-state index contributed by atoms with van der Waals surface area (Å²) < 4.78 is 5.61. The summed E-state index contributed by atoms with van der Waals surface area (Å²) in [6, 6.07) is 4.36. The van der Waals surface area contributed by atoms with Crippen LogP contribution in [0.5, 0.6) is 5.88 Å². The lowest BCUT2D eigenvalue weighted by Crippen LogP contribution is -2.20. The van der Waals surface area contributed by atoms with Gasteiger partial charge in [-0.15, -0.1) is 0 Å². The lowest BCUT2D eigenvalue weighted by atomic mass is 10.1. The number of aromatic nitrogens is 1. The molecule has 0 fully saturated rings. The van der Waals surface area contributed by atoms with E-state index >= 15 is 0 Å². The summed E-state index contributed by atoms with van der Waals surface area (Å²) in [4.78, 5) is 6.30. The van der Waals surface area contributed by atoms with Gasteiger partial charge in [0.1, 0.15) is 6.61 Å². The number of hydrogen-bond acceptors (Lipinski definition) is 4. The summed E-state index contributed by atoms with van der Waals surface area (Å²) in [6.07, 6.45) is 1.80. The average molecular weight is 237 g/mol. The van der Waals surface area contributed by atoms with Crippen molar-refractivity contribution in [2.45, 2.75) is 19.9 Å². The molecule has 0 spiro atoms. The van der Waals surface area contributed by atoms with Crippen LogP contribution in [0.1, 0.15) is 25.5 Å². The molecule has 1 unspecified atom stereocenters. The third-order valence-corrected chi connectivity index (χ3v) is 2.56. The van der Waals surface area contributed by atoms with E-state index in [-0.39, 0.29) is 0 Å². The van der Waals surface area contributed by atoms with Crippen LogP contribution in [0.15, 0.2) is 18.3 Å². The van der Waals surface area contributed by atoms with Crippen molar-refractivity contribution in [2.24, 2.45) is 0 Å². The lowest BCUT2D eigenvalue weighted by Gasteiger charge is -2.14. The predicted molar refractivity (Wildman–Crippen MR) is 70.4 cm³/mol. The topological polar surface area (TPSA) is 37.4 Å². The van der Waals surface area contributed by atoms with E-state index in [4.69, 9.17) is 4.74 Å². The molecule has 0 saturated heterocycles. The predicted octanol–water partition coefficient (Wildman–Crippen LogP) is 1.69. The molecule has 1 aromatic heterocycles. The van der Waals surface area contributed by atoms with E-state index in [1.165, 1.54) is 5.56 Å². The molecule has 0 aliphatic heterocycles. The number of pyridine rings is 1. The molecule has 4 heteroatoms. The van der Waals surface area contributed by atoms with Crippen LogP contribution >= 0.6 is 0 Å². The molecule has 1 aromatic rings. The zero-order valence-corrected chi connectivity index (χ0v) is 11.2. The van der Waals surface area contributed by atoms with Gasteiger partial charge in [0.15, 0.2) is 0 Å². The van der Waals surface area contributed by atoms with Crippen molar-refractivity contribution >= 4 is 0 Å². The number of hydrogen-bond donors (Lipinski definition) is 1. The fraction of sp³-hybridized carbons (Fsp3) is 0.615. The maximum Gasteiger partial charge on any atom is 0.213 e. The average Bonchev–Trinajstić information content (AvgIpc) is 2.29. The number of ether oxygens (including phenoxy) is 1. The summed E-state index contributed by atoms with van der Waals surface area (Å²) in [6.45, 7) is 6.77. The van der Waals surface area contributed by atoms with Crippen molar-refractivity contribution in [2.75, 3.05) is 33.8 Å². The molecule has 4 nitrogen and oxygen atoms in total. The molecule has 0 radical (unpaired) electrons. The van der Waals surface area contributed by atoms with E-state index in [2.05, 4.69) is 29.0 Å². The Morgan fingerprint density at radius 2 is 2.24 bits per heavy atom. The van der Waals surface area contributed by atoms with Crippen LogP contribution in [0.2, 0.25) is 0 Å². The maximum absolute atomic E-state index is 5.61. The molecule has 17 heavy (non-hydrogen) atoms. The highest BCUT2D eigenvalue weighted by atomic mass is 16.5. The second-order valence-corrected chi connectivity index (χ2v) is 4.36. The Morgan fingerprint density at radius 3 is 2.88 bits per heavy atom. The molecule has 0 aromatic carbocycles. The van der Waals surface area contributed by atoms with Gasteiger partial charge in [0.2, 0.25) is 5.88 Å². The number of nitrogens with one attached hydrogen (secondary N) is 1. The maximum atomic E-state index is 5.61. The van der Waals surface area contributed by atoms with Gasteiger partial charge in [-0.05, 0) is 39.2 Å². The molecule has 0 bridgehead atoms. The van der Waals surface area contributed by atoms with Crippen LogP contribution in [0.25, 0.3) is 0 Å². The Kier molecular flexibility index (Phi) is 5.94. The van der Waals surface area contributed by atoms with Crippen LogP contribution in [0, 0.1) is 0 Å². The third kappa shape index (κ3) is 5.15. The van der Waals surface area contributed by atoms with E-state index in [1.54, 1.807) is 6.20 Å². The molecular formula is C13H23N3O. The molecule has 0 aliphatic rings. The Bertz CT molecular complexity index is 328. The fourth-order valence-electron chi connectivity index (χ4n) is 1.53. The van der Waals surface area contributed by atoms with Gasteiger partial charge in [0.05, 0.1) is 0 Å². The monoisotopic (exact) mass is 237 g/mol. The van der Waals surface area contributed by atoms with Crippen molar-refractivity contribution < 1.29 is 4.74 Å². The molecule has 1 atom stereocenters. The Hall–Kier alpha value is -1.13. The van der Waals surface area contributed by atoms with Crippen LogP contribution in [0.3, 0.4) is 0 Å². The highest BCUT2D eigenvalue weighted by Gasteiger charge is 2.05. The van der Waals surface area contributed by atoms with Crippen molar-refractivity contribution in [1.29, 1.82) is 0 Å². The van der Waals surface area contributed by atoms with Gasteiger partial charge in [-0.3, -0.25) is 0 Å². The second kappa shape index (κ2) is 7.25. The zero-order chi connectivity index (χ0) is 12.7. The summed E-state index contributed by atoms with van der Waals surface area (Å²) in [5.74, 6) is 0.703. The quantitative estimate of drug-likeness (QED) is 0.783. The van der Waals surface area contributed by atoms with Crippen LogP contribution in [-0.2, 0) is 0 Å². The normalized spacial score (nSPS) is 12.8. The fourth-order valence-corrected chi connectivity index (χ4v) is 1.53. The number of rotatable bonds is 7. The molecular weight excluding hydrogens is 214 g/mol. The lowest BCUT2D eigenvalue weighted by molar-refractivity contribution is 0.253. The number of nitrogens with zero attached hydrogens (tertiary/aromatic N) is 2.